The zero-order valence-corrected chi connectivity index (χ0v) is 13.7. The Morgan fingerprint density at radius 2 is 1.48 bits per heavy atom. The monoisotopic (exact) mass is 295 g/mol. The second kappa shape index (κ2) is 16.9. The topological polar surface area (TPSA) is 46.2 Å². The van der Waals surface area contributed by atoms with Gasteiger partial charge in [0, 0.05) is 12.8 Å². The van der Waals surface area contributed by atoms with E-state index in [0.29, 0.717) is 12.8 Å². The Labute approximate surface area is 130 Å². The van der Waals surface area contributed by atoms with E-state index >= 15 is 0 Å². The Bertz CT molecular complexity index is 274. The summed E-state index contributed by atoms with van der Waals surface area (Å²) in [6.45, 7) is 2.25. The molecular formula is C18H33NO2. The van der Waals surface area contributed by atoms with Crippen molar-refractivity contribution in [3.05, 3.63) is 12.3 Å². The first-order chi connectivity index (χ1) is 10.3. The second-order valence-electron chi connectivity index (χ2n) is 5.65. The lowest BCUT2D eigenvalue weighted by molar-refractivity contribution is -0.120. The standard InChI is InChI=1S/C18H33NO2/c1-2-3-4-5-6-7-8-9-10-13-16-19-18(21)15-12-11-14-17-20/h13,16-17H,2-12,14-15H2,1H3,(H,19,21)/b16-13+. The number of hydrogen-bond donors (Lipinski definition) is 1. The fourth-order valence-corrected chi connectivity index (χ4v) is 2.22. The van der Waals surface area contributed by atoms with E-state index in [9.17, 15) is 9.59 Å². The third-order valence-corrected chi connectivity index (χ3v) is 3.56. The molecule has 0 heterocycles. The van der Waals surface area contributed by atoms with Gasteiger partial charge < -0.3 is 10.1 Å². The molecule has 0 atom stereocenters. The van der Waals surface area contributed by atoms with Crippen molar-refractivity contribution < 1.29 is 9.59 Å². The predicted molar refractivity (Wildman–Crippen MR) is 89.0 cm³/mol. The highest BCUT2D eigenvalue weighted by Crippen LogP contribution is 2.09. The summed E-state index contributed by atoms with van der Waals surface area (Å²) in [7, 11) is 0. The molecule has 3 nitrogen and oxygen atoms in total. The molecule has 0 rings (SSSR count). The molecule has 3 heteroatoms. The molecule has 0 spiro atoms. The van der Waals surface area contributed by atoms with E-state index < -0.39 is 0 Å². The Morgan fingerprint density at radius 1 is 0.857 bits per heavy atom. The van der Waals surface area contributed by atoms with Crippen molar-refractivity contribution in [2.24, 2.45) is 0 Å². The van der Waals surface area contributed by atoms with Crippen molar-refractivity contribution in [3.63, 3.8) is 0 Å². The molecule has 0 aromatic carbocycles. The van der Waals surface area contributed by atoms with Gasteiger partial charge in [-0.15, -0.1) is 0 Å². The zero-order chi connectivity index (χ0) is 15.6. The molecule has 0 radical (unpaired) electrons. The Balaban J connectivity index is 3.24. The minimum Gasteiger partial charge on any atom is -0.333 e. The number of unbranched alkanes of at least 4 members (excludes halogenated alkanes) is 10. The summed E-state index contributed by atoms with van der Waals surface area (Å²) in [6.07, 6.45) is 19.1. The lowest BCUT2D eigenvalue weighted by Crippen LogP contribution is -2.16. The summed E-state index contributed by atoms with van der Waals surface area (Å²) in [5.41, 5.74) is 0. The van der Waals surface area contributed by atoms with Crippen LogP contribution < -0.4 is 5.32 Å². The molecule has 0 fully saturated rings. The van der Waals surface area contributed by atoms with E-state index in [0.717, 1.165) is 25.5 Å². The van der Waals surface area contributed by atoms with Gasteiger partial charge in [-0.1, -0.05) is 57.9 Å². The molecule has 0 unspecified atom stereocenters. The third kappa shape index (κ3) is 16.8. The van der Waals surface area contributed by atoms with Crippen molar-refractivity contribution >= 4 is 12.2 Å². The molecule has 0 bridgehead atoms. The number of nitrogens with one attached hydrogen (secondary N) is 1. The SMILES string of the molecule is CCCCCCCCCC/C=C/NC(=O)CCCCC=O. The summed E-state index contributed by atoms with van der Waals surface area (Å²) in [5.74, 6) is 0.0491. The van der Waals surface area contributed by atoms with Crippen LogP contribution in [0.25, 0.3) is 0 Å². The molecule has 0 aliphatic carbocycles. The first kappa shape index (κ1) is 19.9. The molecule has 0 aromatic heterocycles. The molecule has 1 amide bonds. The fourth-order valence-electron chi connectivity index (χ4n) is 2.22. The number of aldehydes is 1. The van der Waals surface area contributed by atoms with E-state index in [4.69, 9.17) is 0 Å². The maximum Gasteiger partial charge on any atom is 0.223 e. The van der Waals surface area contributed by atoms with Crippen molar-refractivity contribution in [3.8, 4) is 0 Å². The molecule has 0 saturated carbocycles. The third-order valence-electron chi connectivity index (χ3n) is 3.56. The average Bonchev–Trinajstić information content (AvgIpc) is 2.49. The molecule has 122 valence electrons. The van der Waals surface area contributed by atoms with Crippen molar-refractivity contribution in [1.82, 2.24) is 5.32 Å². The van der Waals surface area contributed by atoms with Crippen molar-refractivity contribution in [1.29, 1.82) is 0 Å². The second-order valence-corrected chi connectivity index (χ2v) is 5.65. The highest BCUT2D eigenvalue weighted by Gasteiger charge is 1.97. The van der Waals surface area contributed by atoms with Gasteiger partial charge in [-0.3, -0.25) is 4.79 Å². The highest BCUT2D eigenvalue weighted by molar-refractivity contribution is 5.76. The lowest BCUT2D eigenvalue weighted by Gasteiger charge is -2.00. The van der Waals surface area contributed by atoms with Crippen LogP contribution in [-0.2, 0) is 9.59 Å². The van der Waals surface area contributed by atoms with Gasteiger partial charge in [0.1, 0.15) is 6.29 Å². The van der Waals surface area contributed by atoms with E-state index in [-0.39, 0.29) is 5.91 Å². The zero-order valence-electron chi connectivity index (χ0n) is 13.7. The number of carbonyl (C=O) groups excluding carboxylic acids is 2. The minimum atomic E-state index is 0.0491. The van der Waals surface area contributed by atoms with E-state index in [1.165, 1.54) is 51.4 Å². The molecular weight excluding hydrogens is 262 g/mol. The van der Waals surface area contributed by atoms with Gasteiger partial charge in [0.15, 0.2) is 0 Å². The molecule has 1 N–H and O–H groups in total. The van der Waals surface area contributed by atoms with Crippen molar-refractivity contribution in [2.45, 2.75) is 90.4 Å². The summed E-state index contributed by atoms with van der Waals surface area (Å²) in [5, 5.41) is 2.78. The fraction of sp³-hybridized carbons (Fsp3) is 0.778. The van der Waals surface area contributed by atoms with E-state index in [1.54, 1.807) is 6.20 Å². The van der Waals surface area contributed by atoms with Gasteiger partial charge in [0.2, 0.25) is 5.91 Å². The number of hydrogen-bond acceptors (Lipinski definition) is 2. The van der Waals surface area contributed by atoms with Gasteiger partial charge in [-0.25, -0.2) is 0 Å². The van der Waals surface area contributed by atoms with Crippen LogP contribution in [-0.4, -0.2) is 12.2 Å². The summed E-state index contributed by atoms with van der Waals surface area (Å²) in [4.78, 5) is 21.5. The first-order valence-corrected chi connectivity index (χ1v) is 8.69. The molecule has 0 aromatic rings. The Kier molecular flexibility index (Phi) is 16.0. The summed E-state index contributed by atoms with van der Waals surface area (Å²) >= 11 is 0. The van der Waals surface area contributed by atoms with Crippen LogP contribution >= 0.6 is 0 Å². The van der Waals surface area contributed by atoms with Crippen molar-refractivity contribution in [2.75, 3.05) is 0 Å². The molecule has 0 aliphatic rings. The first-order valence-electron chi connectivity index (χ1n) is 8.69. The van der Waals surface area contributed by atoms with Crippen LogP contribution in [0.4, 0.5) is 0 Å². The van der Waals surface area contributed by atoms with Gasteiger partial charge >= 0.3 is 0 Å². The van der Waals surface area contributed by atoms with Gasteiger partial charge in [0.05, 0.1) is 0 Å². The Hall–Kier alpha value is -1.12. The van der Waals surface area contributed by atoms with Gasteiger partial charge in [-0.2, -0.15) is 0 Å². The largest absolute Gasteiger partial charge is 0.333 e. The van der Waals surface area contributed by atoms with Crippen LogP contribution in [0.15, 0.2) is 12.3 Å². The van der Waals surface area contributed by atoms with Crippen LogP contribution in [0.1, 0.15) is 90.4 Å². The minimum absolute atomic E-state index is 0.0491. The lowest BCUT2D eigenvalue weighted by atomic mass is 10.1. The highest BCUT2D eigenvalue weighted by atomic mass is 16.1. The van der Waals surface area contributed by atoms with Gasteiger partial charge in [-0.05, 0) is 31.9 Å². The van der Waals surface area contributed by atoms with Crippen LogP contribution in [0.2, 0.25) is 0 Å². The summed E-state index contributed by atoms with van der Waals surface area (Å²) in [6, 6.07) is 0. The maximum atomic E-state index is 11.4. The van der Waals surface area contributed by atoms with E-state index in [2.05, 4.69) is 12.2 Å². The van der Waals surface area contributed by atoms with Crippen LogP contribution in [0.3, 0.4) is 0 Å². The Morgan fingerprint density at radius 3 is 2.14 bits per heavy atom. The summed E-state index contributed by atoms with van der Waals surface area (Å²) < 4.78 is 0. The maximum absolute atomic E-state index is 11.4. The normalized spacial score (nSPS) is 10.9. The molecule has 0 aliphatic heterocycles. The molecule has 0 saturated heterocycles. The smallest absolute Gasteiger partial charge is 0.223 e. The number of allylic oxidation sites excluding steroid dienone is 1. The number of carbonyl (C=O) groups is 2. The molecule has 21 heavy (non-hydrogen) atoms. The van der Waals surface area contributed by atoms with Crippen LogP contribution in [0.5, 0.6) is 0 Å². The predicted octanol–water partition coefficient (Wildman–Crippen LogP) is 4.91. The average molecular weight is 295 g/mol. The van der Waals surface area contributed by atoms with Gasteiger partial charge in [0.25, 0.3) is 0 Å². The number of rotatable bonds is 15. The van der Waals surface area contributed by atoms with Crippen LogP contribution in [0, 0.1) is 0 Å². The van der Waals surface area contributed by atoms with E-state index in [1.807, 2.05) is 6.08 Å². The number of amides is 1. The quantitative estimate of drug-likeness (QED) is 0.345.